The Bertz CT molecular complexity index is 743. The normalized spacial score (nSPS) is 14.5. The third-order valence-corrected chi connectivity index (χ3v) is 5.21. The minimum Gasteiger partial charge on any atom is -0.494 e. The number of likely N-dealkylation sites (tertiary alicyclic amines) is 1. The molecule has 2 heterocycles. The number of hydrogen-bond acceptors (Lipinski definition) is 6. The fourth-order valence-electron chi connectivity index (χ4n) is 3.53. The van der Waals surface area contributed by atoms with Crippen molar-refractivity contribution in [3.63, 3.8) is 0 Å². The van der Waals surface area contributed by atoms with E-state index in [0.717, 1.165) is 49.7 Å². The zero-order chi connectivity index (χ0) is 19.8. The molecule has 2 aromatic rings. The van der Waals surface area contributed by atoms with Crippen LogP contribution in [0.3, 0.4) is 0 Å². The van der Waals surface area contributed by atoms with Gasteiger partial charge in [-0.15, -0.1) is 12.4 Å². The Balaban J connectivity index is 0.00000300. The molecule has 1 aromatic heterocycles. The Kier molecular flexibility index (Phi) is 9.41. The SMILES string of the molecule is CCOc1ccc(-c2noc(CCC(=O)N3CCC(CCNC)CC3)n2)cc1.Cl. The van der Waals surface area contributed by atoms with E-state index in [0.29, 0.717) is 31.2 Å². The second kappa shape index (κ2) is 11.8. The maximum absolute atomic E-state index is 12.5. The van der Waals surface area contributed by atoms with E-state index in [1.807, 2.05) is 43.1 Å². The quantitative estimate of drug-likeness (QED) is 0.667. The molecule has 1 amide bonds. The van der Waals surface area contributed by atoms with E-state index in [-0.39, 0.29) is 18.3 Å². The number of hydrogen-bond donors (Lipinski definition) is 1. The van der Waals surface area contributed by atoms with Crippen LogP contribution in [0.2, 0.25) is 0 Å². The van der Waals surface area contributed by atoms with Gasteiger partial charge in [-0.25, -0.2) is 0 Å². The molecule has 7 nitrogen and oxygen atoms in total. The molecule has 1 N–H and O–H groups in total. The number of halogens is 1. The van der Waals surface area contributed by atoms with E-state index >= 15 is 0 Å². The van der Waals surface area contributed by atoms with Gasteiger partial charge in [-0.1, -0.05) is 5.16 Å². The summed E-state index contributed by atoms with van der Waals surface area (Å²) in [6.45, 7) is 5.34. The monoisotopic (exact) mass is 422 g/mol. The number of amides is 1. The van der Waals surface area contributed by atoms with Gasteiger partial charge in [0.2, 0.25) is 17.6 Å². The molecule has 29 heavy (non-hydrogen) atoms. The minimum atomic E-state index is 0. The van der Waals surface area contributed by atoms with Crippen LogP contribution in [0.25, 0.3) is 11.4 Å². The van der Waals surface area contributed by atoms with Crippen LogP contribution in [-0.4, -0.2) is 54.2 Å². The van der Waals surface area contributed by atoms with Gasteiger partial charge in [-0.05, 0) is 70.0 Å². The van der Waals surface area contributed by atoms with Gasteiger partial charge in [0.25, 0.3) is 0 Å². The zero-order valence-corrected chi connectivity index (χ0v) is 18.0. The number of nitrogens with zero attached hydrogens (tertiary/aromatic N) is 3. The fourth-order valence-corrected chi connectivity index (χ4v) is 3.53. The predicted molar refractivity (Wildman–Crippen MR) is 114 cm³/mol. The highest BCUT2D eigenvalue weighted by Gasteiger charge is 2.22. The zero-order valence-electron chi connectivity index (χ0n) is 17.2. The van der Waals surface area contributed by atoms with Crippen LogP contribution in [0.5, 0.6) is 5.75 Å². The topological polar surface area (TPSA) is 80.5 Å². The molecule has 0 atom stereocenters. The van der Waals surface area contributed by atoms with Crippen molar-refractivity contribution >= 4 is 18.3 Å². The van der Waals surface area contributed by atoms with E-state index in [9.17, 15) is 4.79 Å². The molecule has 1 aromatic carbocycles. The van der Waals surface area contributed by atoms with Gasteiger partial charge in [0.15, 0.2) is 0 Å². The van der Waals surface area contributed by atoms with Crippen LogP contribution in [0, 0.1) is 5.92 Å². The number of carbonyl (C=O) groups excluding carboxylic acids is 1. The van der Waals surface area contributed by atoms with Gasteiger partial charge in [0, 0.05) is 31.5 Å². The van der Waals surface area contributed by atoms with Gasteiger partial charge in [0.1, 0.15) is 5.75 Å². The molecule has 0 spiro atoms. The highest BCUT2D eigenvalue weighted by atomic mass is 35.5. The fraction of sp³-hybridized carbons (Fsp3) is 0.571. The minimum absolute atomic E-state index is 0. The summed E-state index contributed by atoms with van der Waals surface area (Å²) < 4.78 is 10.8. The highest BCUT2D eigenvalue weighted by Crippen LogP contribution is 2.22. The largest absolute Gasteiger partial charge is 0.494 e. The number of nitrogens with one attached hydrogen (secondary N) is 1. The van der Waals surface area contributed by atoms with Gasteiger partial charge < -0.3 is 19.5 Å². The average molecular weight is 423 g/mol. The standard InChI is InChI=1S/C21H30N4O3.ClH/c1-3-27-18-6-4-17(5-7-18)21-23-19(28-24-21)8-9-20(26)25-14-11-16(12-15-25)10-13-22-2;/h4-7,16,22H,3,8-15H2,1-2H3;1H. The van der Waals surface area contributed by atoms with Gasteiger partial charge >= 0.3 is 0 Å². The lowest BCUT2D eigenvalue weighted by molar-refractivity contribution is -0.132. The van der Waals surface area contributed by atoms with Crippen molar-refractivity contribution in [1.82, 2.24) is 20.4 Å². The number of rotatable bonds is 9. The predicted octanol–water partition coefficient (Wildman–Crippen LogP) is 3.34. The summed E-state index contributed by atoms with van der Waals surface area (Å²) in [6, 6.07) is 7.59. The first-order chi connectivity index (χ1) is 13.7. The van der Waals surface area contributed by atoms with Crippen molar-refractivity contribution in [2.24, 2.45) is 5.92 Å². The molecule has 0 bridgehead atoms. The van der Waals surface area contributed by atoms with Crippen molar-refractivity contribution in [2.75, 3.05) is 33.3 Å². The molecule has 1 saturated heterocycles. The molecule has 1 aliphatic heterocycles. The second-order valence-electron chi connectivity index (χ2n) is 7.19. The lowest BCUT2D eigenvalue weighted by atomic mass is 9.93. The van der Waals surface area contributed by atoms with Crippen molar-refractivity contribution in [3.8, 4) is 17.1 Å². The van der Waals surface area contributed by atoms with Crippen LogP contribution in [0.4, 0.5) is 0 Å². The Labute approximate surface area is 178 Å². The molecule has 0 aliphatic carbocycles. The lowest BCUT2D eigenvalue weighted by Crippen LogP contribution is -2.39. The van der Waals surface area contributed by atoms with Gasteiger partial charge in [0.05, 0.1) is 6.61 Å². The number of benzene rings is 1. The van der Waals surface area contributed by atoms with E-state index in [2.05, 4.69) is 15.5 Å². The van der Waals surface area contributed by atoms with E-state index in [1.54, 1.807) is 0 Å². The number of ether oxygens (including phenoxy) is 1. The first-order valence-electron chi connectivity index (χ1n) is 10.2. The molecule has 0 radical (unpaired) electrons. The highest BCUT2D eigenvalue weighted by molar-refractivity contribution is 5.85. The Hall–Kier alpha value is -2.12. The molecule has 0 unspecified atom stereocenters. The summed E-state index contributed by atoms with van der Waals surface area (Å²) in [4.78, 5) is 18.9. The summed E-state index contributed by atoms with van der Waals surface area (Å²) in [7, 11) is 1.98. The maximum Gasteiger partial charge on any atom is 0.227 e. The summed E-state index contributed by atoms with van der Waals surface area (Å²) in [5.41, 5.74) is 0.869. The first-order valence-corrected chi connectivity index (χ1v) is 10.2. The summed E-state index contributed by atoms with van der Waals surface area (Å²) in [6.07, 6.45) is 4.26. The Morgan fingerprint density at radius 1 is 1.28 bits per heavy atom. The molecule has 160 valence electrons. The lowest BCUT2D eigenvalue weighted by Gasteiger charge is -2.32. The van der Waals surface area contributed by atoms with Crippen molar-refractivity contribution in [3.05, 3.63) is 30.2 Å². The van der Waals surface area contributed by atoms with Crippen LogP contribution >= 0.6 is 12.4 Å². The number of piperidine rings is 1. The van der Waals surface area contributed by atoms with Gasteiger partial charge in [-0.2, -0.15) is 4.98 Å². The second-order valence-corrected chi connectivity index (χ2v) is 7.19. The molecule has 3 rings (SSSR count). The van der Waals surface area contributed by atoms with Crippen molar-refractivity contribution in [2.45, 2.75) is 39.0 Å². The Morgan fingerprint density at radius 3 is 2.66 bits per heavy atom. The maximum atomic E-state index is 12.5. The third kappa shape index (κ3) is 6.72. The Morgan fingerprint density at radius 2 is 2.00 bits per heavy atom. The summed E-state index contributed by atoms with van der Waals surface area (Å²) in [5.74, 6) is 2.75. The average Bonchev–Trinajstić information content (AvgIpc) is 3.21. The molecular weight excluding hydrogens is 392 g/mol. The summed E-state index contributed by atoms with van der Waals surface area (Å²) >= 11 is 0. The molecule has 8 heteroatoms. The van der Waals surface area contributed by atoms with Crippen LogP contribution in [0.1, 0.15) is 38.5 Å². The number of aryl methyl sites for hydroxylation is 1. The van der Waals surface area contributed by atoms with E-state index < -0.39 is 0 Å². The number of carbonyl (C=O) groups is 1. The van der Waals surface area contributed by atoms with E-state index in [4.69, 9.17) is 9.26 Å². The molecule has 1 fully saturated rings. The number of aromatic nitrogens is 2. The summed E-state index contributed by atoms with van der Waals surface area (Å²) in [5, 5.41) is 7.23. The van der Waals surface area contributed by atoms with Crippen LogP contribution in [-0.2, 0) is 11.2 Å². The molecule has 0 saturated carbocycles. The third-order valence-electron chi connectivity index (χ3n) is 5.21. The van der Waals surface area contributed by atoms with E-state index in [1.165, 1.54) is 6.42 Å². The van der Waals surface area contributed by atoms with Crippen LogP contribution < -0.4 is 10.1 Å². The van der Waals surface area contributed by atoms with Crippen molar-refractivity contribution < 1.29 is 14.1 Å². The smallest absolute Gasteiger partial charge is 0.227 e. The molecule has 1 aliphatic rings. The van der Waals surface area contributed by atoms with Crippen LogP contribution in [0.15, 0.2) is 28.8 Å². The van der Waals surface area contributed by atoms with Crippen molar-refractivity contribution in [1.29, 1.82) is 0 Å². The molecular formula is C21H31ClN4O3. The first kappa shape index (κ1) is 23.2. The van der Waals surface area contributed by atoms with Gasteiger partial charge in [-0.3, -0.25) is 4.79 Å².